The van der Waals surface area contributed by atoms with E-state index in [1.807, 2.05) is 38.2 Å². The van der Waals surface area contributed by atoms with Crippen LogP contribution in [-0.2, 0) is 6.54 Å². The van der Waals surface area contributed by atoms with E-state index < -0.39 is 6.10 Å². The fourth-order valence-electron chi connectivity index (χ4n) is 1.76. The predicted octanol–water partition coefficient (Wildman–Crippen LogP) is 2.70. The van der Waals surface area contributed by atoms with Gasteiger partial charge >= 0.3 is 0 Å². The van der Waals surface area contributed by atoms with Crippen LogP contribution in [-0.4, -0.2) is 27.6 Å². The smallest absolute Gasteiger partial charge is 0.122 e. The van der Waals surface area contributed by atoms with E-state index in [9.17, 15) is 5.11 Å². The van der Waals surface area contributed by atoms with Gasteiger partial charge in [-0.1, -0.05) is 12.1 Å². The Morgan fingerprint density at radius 3 is 2.89 bits per heavy atom. The van der Waals surface area contributed by atoms with E-state index in [2.05, 4.69) is 21.0 Å². The van der Waals surface area contributed by atoms with Crippen molar-refractivity contribution in [3.8, 4) is 5.75 Å². The number of aryl methyl sites for hydroxylation is 2. The van der Waals surface area contributed by atoms with Crippen LogP contribution in [0.3, 0.4) is 0 Å². The van der Waals surface area contributed by atoms with Crippen molar-refractivity contribution in [1.29, 1.82) is 0 Å². The van der Waals surface area contributed by atoms with Crippen molar-refractivity contribution in [3.63, 3.8) is 0 Å². The minimum atomic E-state index is -0.591. The molecule has 0 aliphatic rings. The summed E-state index contributed by atoms with van der Waals surface area (Å²) in [6.07, 6.45) is 2.92. The third-order valence-corrected chi connectivity index (χ3v) is 3.18. The van der Waals surface area contributed by atoms with Crippen molar-refractivity contribution in [3.05, 3.63) is 46.2 Å². The molecule has 4 nitrogen and oxygen atoms in total. The van der Waals surface area contributed by atoms with E-state index in [4.69, 9.17) is 4.74 Å². The zero-order chi connectivity index (χ0) is 13.8. The number of ether oxygens (including phenoxy) is 1. The molecule has 1 atom stereocenters. The predicted molar refractivity (Wildman–Crippen MR) is 77.3 cm³/mol. The summed E-state index contributed by atoms with van der Waals surface area (Å²) >= 11 is 3.32. The molecule has 1 N–H and O–H groups in total. The van der Waals surface area contributed by atoms with Crippen LogP contribution in [0.4, 0.5) is 0 Å². The number of aromatic nitrogens is 2. The van der Waals surface area contributed by atoms with Crippen molar-refractivity contribution in [2.24, 2.45) is 0 Å². The molecule has 0 fully saturated rings. The molecular weight excluding hydrogens is 308 g/mol. The summed E-state index contributed by atoms with van der Waals surface area (Å²) in [5.74, 6) is 0.820. The zero-order valence-electron chi connectivity index (χ0n) is 11.0. The molecule has 0 saturated heterocycles. The summed E-state index contributed by atoms with van der Waals surface area (Å²) in [4.78, 5) is 0. The molecule has 0 aliphatic heterocycles. The number of hydrogen-bond donors (Lipinski definition) is 1. The van der Waals surface area contributed by atoms with Crippen LogP contribution in [0, 0.1) is 13.8 Å². The maximum Gasteiger partial charge on any atom is 0.122 e. The molecule has 2 rings (SSSR count). The van der Waals surface area contributed by atoms with E-state index in [1.54, 1.807) is 10.9 Å². The normalized spacial score (nSPS) is 12.4. The van der Waals surface area contributed by atoms with Gasteiger partial charge in [0.05, 0.1) is 17.2 Å². The standard InChI is InChI=1S/C14H17BrN2O2/c1-10-3-4-11(2)14(5-10)19-9-13(18)8-17-7-12(15)6-16-17/h3-7,13,18H,8-9H2,1-2H3. The Balaban J connectivity index is 1.89. The second kappa shape index (κ2) is 6.21. The summed E-state index contributed by atoms with van der Waals surface area (Å²) in [5, 5.41) is 14.0. The molecule has 1 heterocycles. The summed E-state index contributed by atoms with van der Waals surface area (Å²) in [6, 6.07) is 6.04. The summed E-state index contributed by atoms with van der Waals surface area (Å²) in [6.45, 7) is 4.67. The topological polar surface area (TPSA) is 47.3 Å². The average molecular weight is 325 g/mol. The molecule has 102 valence electrons. The Kier molecular flexibility index (Phi) is 4.61. The Morgan fingerprint density at radius 2 is 2.21 bits per heavy atom. The monoisotopic (exact) mass is 324 g/mol. The van der Waals surface area contributed by atoms with E-state index in [0.717, 1.165) is 21.3 Å². The van der Waals surface area contributed by atoms with Crippen LogP contribution in [0.2, 0.25) is 0 Å². The first-order chi connectivity index (χ1) is 9.04. The molecule has 1 unspecified atom stereocenters. The van der Waals surface area contributed by atoms with Gasteiger partial charge in [0, 0.05) is 6.20 Å². The third kappa shape index (κ3) is 4.08. The molecule has 5 heteroatoms. The van der Waals surface area contributed by atoms with E-state index in [1.165, 1.54) is 0 Å². The molecule has 0 amide bonds. The third-order valence-electron chi connectivity index (χ3n) is 2.77. The second-order valence-electron chi connectivity index (χ2n) is 4.61. The van der Waals surface area contributed by atoms with Crippen LogP contribution < -0.4 is 4.74 Å². The van der Waals surface area contributed by atoms with Crippen molar-refractivity contribution in [1.82, 2.24) is 9.78 Å². The summed E-state index contributed by atoms with van der Waals surface area (Å²) in [5.41, 5.74) is 2.21. The quantitative estimate of drug-likeness (QED) is 0.919. The first-order valence-electron chi connectivity index (χ1n) is 6.10. The SMILES string of the molecule is Cc1ccc(C)c(OCC(O)Cn2cc(Br)cn2)c1. The lowest BCUT2D eigenvalue weighted by Crippen LogP contribution is -2.24. The van der Waals surface area contributed by atoms with Crippen LogP contribution in [0.1, 0.15) is 11.1 Å². The molecule has 0 radical (unpaired) electrons. The van der Waals surface area contributed by atoms with E-state index in [0.29, 0.717) is 6.54 Å². The van der Waals surface area contributed by atoms with Crippen molar-refractivity contribution in [2.75, 3.05) is 6.61 Å². The van der Waals surface area contributed by atoms with Crippen molar-refractivity contribution >= 4 is 15.9 Å². The first kappa shape index (κ1) is 14.1. The molecule has 0 bridgehead atoms. The maximum atomic E-state index is 9.93. The lowest BCUT2D eigenvalue weighted by Gasteiger charge is -2.14. The number of aliphatic hydroxyl groups excluding tert-OH is 1. The van der Waals surface area contributed by atoms with E-state index in [-0.39, 0.29) is 6.61 Å². The fourth-order valence-corrected chi connectivity index (χ4v) is 2.08. The second-order valence-corrected chi connectivity index (χ2v) is 5.53. The summed E-state index contributed by atoms with van der Waals surface area (Å²) in [7, 11) is 0. The average Bonchev–Trinajstić information content (AvgIpc) is 2.76. The van der Waals surface area contributed by atoms with Crippen LogP contribution in [0.5, 0.6) is 5.75 Å². The van der Waals surface area contributed by atoms with Crippen LogP contribution in [0.15, 0.2) is 35.1 Å². The van der Waals surface area contributed by atoms with E-state index >= 15 is 0 Å². The minimum absolute atomic E-state index is 0.252. The fraction of sp³-hybridized carbons (Fsp3) is 0.357. The van der Waals surface area contributed by atoms with Gasteiger partial charge in [-0.25, -0.2) is 0 Å². The largest absolute Gasteiger partial charge is 0.491 e. The van der Waals surface area contributed by atoms with Gasteiger partial charge in [-0.05, 0) is 47.0 Å². The highest BCUT2D eigenvalue weighted by atomic mass is 79.9. The molecule has 1 aromatic heterocycles. The minimum Gasteiger partial charge on any atom is -0.491 e. The van der Waals surface area contributed by atoms with Crippen molar-refractivity contribution < 1.29 is 9.84 Å². The Hall–Kier alpha value is -1.33. The number of benzene rings is 1. The van der Waals surface area contributed by atoms with Gasteiger partial charge < -0.3 is 9.84 Å². The van der Waals surface area contributed by atoms with Gasteiger partial charge in [0.2, 0.25) is 0 Å². The van der Waals surface area contributed by atoms with Crippen LogP contribution in [0.25, 0.3) is 0 Å². The Bertz CT molecular complexity index is 554. The number of hydrogen-bond acceptors (Lipinski definition) is 3. The Labute approximate surface area is 121 Å². The van der Waals surface area contributed by atoms with Gasteiger partial charge in [0.1, 0.15) is 18.5 Å². The maximum absolute atomic E-state index is 9.93. The zero-order valence-corrected chi connectivity index (χ0v) is 12.6. The van der Waals surface area contributed by atoms with Gasteiger partial charge in [-0.3, -0.25) is 4.68 Å². The van der Waals surface area contributed by atoms with Gasteiger partial charge in [-0.2, -0.15) is 5.10 Å². The highest BCUT2D eigenvalue weighted by Crippen LogP contribution is 2.19. The number of nitrogens with zero attached hydrogens (tertiary/aromatic N) is 2. The molecule has 0 aliphatic carbocycles. The van der Waals surface area contributed by atoms with Gasteiger partial charge in [-0.15, -0.1) is 0 Å². The lowest BCUT2D eigenvalue weighted by atomic mass is 10.1. The Morgan fingerprint density at radius 1 is 1.42 bits per heavy atom. The van der Waals surface area contributed by atoms with Crippen LogP contribution >= 0.6 is 15.9 Å². The number of aliphatic hydroxyl groups is 1. The molecule has 2 aromatic rings. The molecular formula is C14H17BrN2O2. The molecule has 19 heavy (non-hydrogen) atoms. The summed E-state index contributed by atoms with van der Waals surface area (Å²) < 4.78 is 8.24. The molecule has 1 aromatic carbocycles. The lowest BCUT2D eigenvalue weighted by molar-refractivity contribution is 0.0890. The van der Waals surface area contributed by atoms with Gasteiger partial charge in [0.25, 0.3) is 0 Å². The van der Waals surface area contributed by atoms with Crippen molar-refractivity contribution in [2.45, 2.75) is 26.5 Å². The number of halogens is 1. The highest BCUT2D eigenvalue weighted by molar-refractivity contribution is 9.10. The number of rotatable bonds is 5. The first-order valence-corrected chi connectivity index (χ1v) is 6.90. The molecule has 0 spiro atoms. The highest BCUT2D eigenvalue weighted by Gasteiger charge is 2.08. The van der Waals surface area contributed by atoms with Gasteiger partial charge in [0.15, 0.2) is 0 Å². The molecule has 0 saturated carbocycles.